The number of carbonyl (C=O) groups is 2. The van der Waals surface area contributed by atoms with Gasteiger partial charge >= 0.3 is 0 Å². The van der Waals surface area contributed by atoms with Gasteiger partial charge in [0.15, 0.2) is 0 Å². The van der Waals surface area contributed by atoms with Crippen LogP contribution < -0.4 is 10.1 Å². The fourth-order valence-corrected chi connectivity index (χ4v) is 2.89. The van der Waals surface area contributed by atoms with Crippen molar-refractivity contribution < 1.29 is 14.3 Å². The molecule has 0 fully saturated rings. The van der Waals surface area contributed by atoms with Gasteiger partial charge in [0, 0.05) is 29.9 Å². The molecular weight excluding hydrogens is 352 g/mol. The number of hydrogen-bond acceptors (Lipinski definition) is 3. The summed E-state index contributed by atoms with van der Waals surface area (Å²) in [6.07, 6.45) is 2.77. The van der Waals surface area contributed by atoms with Gasteiger partial charge in [-0.15, -0.1) is 0 Å². The van der Waals surface area contributed by atoms with Gasteiger partial charge < -0.3 is 15.0 Å². The zero-order chi connectivity index (χ0) is 20.4. The third kappa shape index (κ3) is 6.12. The molecule has 2 aromatic rings. The first-order chi connectivity index (χ1) is 13.6. The van der Waals surface area contributed by atoms with Crippen molar-refractivity contribution in [2.75, 3.05) is 25.0 Å². The molecule has 2 amide bonds. The molecule has 28 heavy (non-hydrogen) atoms. The van der Waals surface area contributed by atoms with Crippen LogP contribution in [0.1, 0.15) is 60.7 Å². The topological polar surface area (TPSA) is 58.6 Å². The lowest BCUT2D eigenvalue weighted by molar-refractivity contribution is 0.0755. The zero-order valence-electron chi connectivity index (χ0n) is 17.0. The number of rotatable bonds is 10. The molecule has 1 N–H and O–H groups in total. The number of amides is 2. The number of nitrogens with one attached hydrogen (secondary N) is 1. The molecule has 0 spiro atoms. The number of ether oxygens (including phenoxy) is 1. The highest BCUT2D eigenvalue weighted by molar-refractivity contribution is 6.05. The molecule has 0 aliphatic rings. The van der Waals surface area contributed by atoms with Gasteiger partial charge in [0.25, 0.3) is 11.8 Å². The second-order valence-corrected chi connectivity index (χ2v) is 6.70. The maximum absolute atomic E-state index is 12.8. The quantitative estimate of drug-likeness (QED) is 0.630. The molecule has 5 nitrogen and oxygen atoms in total. The van der Waals surface area contributed by atoms with Crippen LogP contribution in [-0.2, 0) is 0 Å². The molecule has 0 unspecified atom stereocenters. The Morgan fingerprint density at radius 1 is 0.893 bits per heavy atom. The maximum Gasteiger partial charge on any atom is 0.255 e. The Kier molecular flexibility index (Phi) is 8.53. The zero-order valence-corrected chi connectivity index (χ0v) is 17.0. The number of benzene rings is 2. The molecular formula is C23H30N2O3. The van der Waals surface area contributed by atoms with Crippen LogP contribution in [0.5, 0.6) is 5.75 Å². The normalized spacial score (nSPS) is 10.4. The van der Waals surface area contributed by atoms with Gasteiger partial charge in [0.05, 0.1) is 6.61 Å². The highest BCUT2D eigenvalue weighted by Crippen LogP contribution is 2.17. The van der Waals surface area contributed by atoms with E-state index in [2.05, 4.69) is 19.2 Å². The van der Waals surface area contributed by atoms with E-state index in [1.165, 1.54) is 0 Å². The van der Waals surface area contributed by atoms with Crippen LogP contribution in [0.15, 0.2) is 48.5 Å². The summed E-state index contributed by atoms with van der Waals surface area (Å²) in [6.45, 7) is 8.28. The summed E-state index contributed by atoms with van der Waals surface area (Å²) >= 11 is 0. The minimum Gasteiger partial charge on any atom is -0.494 e. The van der Waals surface area contributed by atoms with Crippen LogP contribution in [0.25, 0.3) is 0 Å². The van der Waals surface area contributed by atoms with Gasteiger partial charge in [-0.05, 0) is 61.7 Å². The number of nitrogens with zero attached hydrogens (tertiary/aromatic N) is 1. The van der Waals surface area contributed by atoms with Gasteiger partial charge in [-0.25, -0.2) is 0 Å². The van der Waals surface area contributed by atoms with Crippen LogP contribution in [0.3, 0.4) is 0 Å². The molecule has 0 heterocycles. The lowest BCUT2D eigenvalue weighted by Gasteiger charge is -2.21. The minimum atomic E-state index is -0.217. The van der Waals surface area contributed by atoms with Crippen LogP contribution in [-0.4, -0.2) is 36.4 Å². The van der Waals surface area contributed by atoms with Crippen molar-refractivity contribution in [1.29, 1.82) is 0 Å². The summed E-state index contributed by atoms with van der Waals surface area (Å²) in [5, 5.41) is 2.87. The third-order valence-corrected chi connectivity index (χ3v) is 4.23. The van der Waals surface area contributed by atoms with E-state index in [0.29, 0.717) is 23.4 Å². The number of anilines is 1. The summed E-state index contributed by atoms with van der Waals surface area (Å²) in [5.74, 6) is 0.528. The Bertz CT molecular complexity index is 766. The molecule has 0 bridgehead atoms. The summed E-state index contributed by atoms with van der Waals surface area (Å²) in [7, 11) is 0. The third-order valence-electron chi connectivity index (χ3n) is 4.23. The highest BCUT2D eigenvalue weighted by Gasteiger charge is 2.15. The van der Waals surface area contributed by atoms with Crippen molar-refractivity contribution in [3.8, 4) is 5.75 Å². The van der Waals surface area contributed by atoms with Crippen LogP contribution >= 0.6 is 0 Å². The molecule has 2 aromatic carbocycles. The van der Waals surface area contributed by atoms with Gasteiger partial charge in [-0.3, -0.25) is 9.59 Å². The minimum absolute atomic E-state index is 0.00257. The van der Waals surface area contributed by atoms with Gasteiger partial charge in [0.2, 0.25) is 0 Å². The highest BCUT2D eigenvalue weighted by atomic mass is 16.5. The molecule has 0 saturated heterocycles. The average molecular weight is 383 g/mol. The van der Waals surface area contributed by atoms with E-state index in [4.69, 9.17) is 4.74 Å². The predicted octanol–water partition coefficient (Wildman–Crippen LogP) is 4.99. The Hall–Kier alpha value is -2.82. The maximum atomic E-state index is 12.8. The summed E-state index contributed by atoms with van der Waals surface area (Å²) in [5.41, 5.74) is 1.73. The van der Waals surface area contributed by atoms with Crippen molar-refractivity contribution in [3.63, 3.8) is 0 Å². The Morgan fingerprint density at radius 3 is 2.18 bits per heavy atom. The predicted molar refractivity (Wildman–Crippen MR) is 113 cm³/mol. The number of carbonyl (C=O) groups excluding carboxylic acids is 2. The van der Waals surface area contributed by atoms with E-state index in [9.17, 15) is 9.59 Å². The molecule has 0 radical (unpaired) electrons. The molecule has 5 heteroatoms. The first kappa shape index (κ1) is 21.5. The molecule has 0 atom stereocenters. The molecule has 150 valence electrons. The van der Waals surface area contributed by atoms with Gasteiger partial charge in [-0.2, -0.15) is 0 Å². The van der Waals surface area contributed by atoms with Crippen LogP contribution in [0.2, 0.25) is 0 Å². The van der Waals surface area contributed by atoms with Crippen LogP contribution in [0.4, 0.5) is 5.69 Å². The smallest absolute Gasteiger partial charge is 0.255 e. The van der Waals surface area contributed by atoms with Crippen molar-refractivity contribution >= 4 is 17.5 Å². The molecule has 0 aromatic heterocycles. The molecule has 2 rings (SSSR count). The summed E-state index contributed by atoms with van der Waals surface area (Å²) in [6, 6.07) is 14.2. The first-order valence-corrected chi connectivity index (χ1v) is 10.0. The molecule has 0 saturated carbocycles. The van der Waals surface area contributed by atoms with E-state index in [-0.39, 0.29) is 11.8 Å². The van der Waals surface area contributed by atoms with Gasteiger partial charge in [0.1, 0.15) is 5.75 Å². The van der Waals surface area contributed by atoms with Crippen molar-refractivity contribution in [1.82, 2.24) is 4.90 Å². The number of hydrogen-bond donors (Lipinski definition) is 1. The fourth-order valence-electron chi connectivity index (χ4n) is 2.89. The fraction of sp³-hybridized carbons (Fsp3) is 0.391. The van der Waals surface area contributed by atoms with Crippen molar-refractivity contribution in [3.05, 3.63) is 59.7 Å². The lowest BCUT2D eigenvalue weighted by Crippen LogP contribution is -2.32. The lowest BCUT2D eigenvalue weighted by atomic mass is 10.1. The standard InChI is InChI=1S/C23H30N2O3/c1-4-14-25(15-5-2)23(27)19-8-7-9-20(17-19)24-22(26)18-10-12-21(13-11-18)28-16-6-3/h7-13,17H,4-6,14-16H2,1-3H3,(H,24,26). The molecule has 0 aliphatic heterocycles. The van der Waals surface area contributed by atoms with E-state index >= 15 is 0 Å². The monoisotopic (exact) mass is 382 g/mol. The van der Waals surface area contributed by atoms with Crippen molar-refractivity contribution in [2.45, 2.75) is 40.0 Å². The second-order valence-electron chi connectivity index (χ2n) is 6.70. The Labute approximate surface area is 167 Å². The van der Waals surface area contributed by atoms with E-state index in [1.54, 1.807) is 48.5 Å². The summed E-state index contributed by atoms with van der Waals surface area (Å²) < 4.78 is 5.54. The van der Waals surface area contributed by atoms with E-state index in [1.807, 2.05) is 11.8 Å². The summed E-state index contributed by atoms with van der Waals surface area (Å²) in [4.78, 5) is 27.1. The molecule has 0 aliphatic carbocycles. The largest absolute Gasteiger partial charge is 0.494 e. The van der Waals surface area contributed by atoms with Crippen molar-refractivity contribution in [2.24, 2.45) is 0 Å². The van der Waals surface area contributed by atoms with E-state index < -0.39 is 0 Å². The first-order valence-electron chi connectivity index (χ1n) is 10.0. The average Bonchev–Trinajstić information content (AvgIpc) is 2.72. The van der Waals surface area contributed by atoms with Crippen LogP contribution in [0, 0.1) is 0 Å². The van der Waals surface area contributed by atoms with Gasteiger partial charge in [-0.1, -0.05) is 26.8 Å². The Balaban J connectivity index is 2.07. The Morgan fingerprint density at radius 2 is 1.57 bits per heavy atom. The second kappa shape index (κ2) is 11.1. The van der Waals surface area contributed by atoms with E-state index in [0.717, 1.165) is 38.1 Å². The SMILES string of the molecule is CCCOc1ccc(C(=O)Nc2cccc(C(=O)N(CCC)CCC)c2)cc1.